The molecule has 0 heterocycles. The lowest BCUT2D eigenvalue weighted by atomic mass is 10.0. The van der Waals surface area contributed by atoms with E-state index in [4.69, 9.17) is 16.6 Å². The van der Waals surface area contributed by atoms with Gasteiger partial charge in [-0.05, 0) is 64.5 Å². The molecular formula is C35H57N9O10. The van der Waals surface area contributed by atoms with E-state index in [2.05, 4.69) is 37.2 Å². The topological polar surface area (TPSA) is 313 Å². The van der Waals surface area contributed by atoms with Gasteiger partial charge >= 0.3 is 5.97 Å². The Morgan fingerprint density at radius 2 is 1.24 bits per heavy atom. The van der Waals surface area contributed by atoms with Crippen molar-refractivity contribution in [3.05, 3.63) is 35.9 Å². The van der Waals surface area contributed by atoms with Gasteiger partial charge in [-0.25, -0.2) is 0 Å². The number of aliphatic hydroxyl groups excluding tert-OH is 1. The Hall–Kier alpha value is -5.14. The predicted octanol–water partition coefficient (Wildman–Crippen LogP) is -3.11. The van der Waals surface area contributed by atoms with Gasteiger partial charge in [-0.3, -0.25) is 38.4 Å². The number of hydrogen-bond acceptors (Lipinski definition) is 11. The van der Waals surface area contributed by atoms with Crippen LogP contribution >= 0.6 is 0 Å². The summed E-state index contributed by atoms with van der Waals surface area (Å²) in [6.07, 6.45) is -0.0821. The van der Waals surface area contributed by atoms with Crippen LogP contribution in [0.1, 0.15) is 65.9 Å². The zero-order chi connectivity index (χ0) is 41.0. The number of unbranched alkanes of at least 4 members (excludes halogenated alkanes) is 1. The maximum absolute atomic E-state index is 13.6. The third-order valence-electron chi connectivity index (χ3n) is 7.92. The molecule has 19 heteroatoms. The van der Waals surface area contributed by atoms with Crippen LogP contribution in [0.25, 0.3) is 0 Å². The third kappa shape index (κ3) is 18.1. The van der Waals surface area contributed by atoms with Crippen molar-refractivity contribution < 1.29 is 48.6 Å². The van der Waals surface area contributed by atoms with Crippen LogP contribution in [0.3, 0.4) is 0 Å². The molecule has 0 aliphatic carbocycles. The van der Waals surface area contributed by atoms with Crippen molar-refractivity contribution in [1.82, 2.24) is 37.2 Å². The van der Waals surface area contributed by atoms with Gasteiger partial charge in [0.15, 0.2) is 0 Å². The average Bonchev–Trinajstić information content (AvgIpc) is 3.10. The summed E-state index contributed by atoms with van der Waals surface area (Å²) in [5.74, 6) is -6.71. The fourth-order valence-electron chi connectivity index (χ4n) is 4.98. The van der Waals surface area contributed by atoms with E-state index in [9.17, 15) is 43.5 Å². The summed E-state index contributed by atoms with van der Waals surface area (Å²) in [5.41, 5.74) is 11.9. The molecule has 0 aliphatic rings. The lowest BCUT2D eigenvalue weighted by molar-refractivity contribution is -0.138. The quantitative estimate of drug-likeness (QED) is 0.0467. The monoisotopic (exact) mass is 763 g/mol. The highest BCUT2D eigenvalue weighted by Crippen LogP contribution is 2.10. The molecule has 1 aromatic rings. The molecule has 302 valence electrons. The van der Waals surface area contributed by atoms with Crippen LogP contribution in [-0.2, 0) is 44.8 Å². The first-order valence-corrected chi connectivity index (χ1v) is 17.8. The Labute approximate surface area is 314 Å². The minimum absolute atomic E-state index is 0.0563. The molecule has 1 aromatic carbocycles. The van der Waals surface area contributed by atoms with Gasteiger partial charge in [0.05, 0.1) is 18.7 Å². The molecule has 0 saturated heterocycles. The van der Waals surface area contributed by atoms with E-state index >= 15 is 0 Å². The van der Waals surface area contributed by atoms with Crippen LogP contribution in [0.15, 0.2) is 30.3 Å². The number of nitrogens with two attached hydrogens (primary N) is 2. The number of carbonyl (C=O) groups excluding carboxylic acids is 7. The summed E-state index contributed by atoms with van der Waals surface area (Å²) in [6, 6.07) is 1.43. The highest BCUT2D eigenvalue weighted by Gasteiger charge is 2.34. The fraction of sp³-hybridized carbons (Fsp3) is 0.600. The highest BCUT2D eigenvalue weighted by atomic mass is 16.4. The van der Waals surface area contributed by atoms with E-state index in [0.29, 0.717) is 24.9 Å². The van der Waals surface area contributed by atoms with Crippen molar-refractivity contribution in [1.29, 1.82) is 0 Å². The van der Waals surface area contributed by atoms with Crippen LogP contribution in [0.4, 0.5) is 0 Å². The number of benzene rings is 1. The Bertz CT molecular complexity index is 1430. The number of carbonyl (C=O) groups is 8. The van der Waals surface area contributed by atoms with Crippen LogP contribution in [0.2, 0.25) is 0 Å². The molecule has 1 rings (SSSR count). The van der Waals surface area contributed by atoms with Gasteiger partial charge in [0.1, 0.15) is 36.8 Å². The molecule has 0 aromatic heterocycles. The van der Waals surface area contributed by atoms with E-state index in [1.54, 1.807) is 30.3 Å². The zero-order valence-electron chi connectivity index (χ0n) is 31.5. The first-order valence-electron chi connectivity index (χ1n) is 17.8. The van der Waals surface area contributed by atoms with Gasteiger partial charge in [-0.15, -0.1) is 0 Å². The second-order valence-corrected chi connectivity index (χ2v) is 13.4. The normalized spacial score (nSPS) is 14.8. The molecule has 19 nitrogen and oxygen atoms in total. The van der Waals surface area contributed by atoms with Crippen LogP contribution in [0, 0.1) is 5.92 Å². The number of aliphatic hydroxyl groups is 1. The molecule has 7 atom stereocenters. The lowest BCUT2D eigenvalue weighted by Crippen LogP contribution is -2.61. The van der Waals surface area contributed by atoms with E-state index in [1.807, 2.05) is 13.8 Å². The molecule has 7 amide bonds. The van der Waals surface area contributed by atoms with Gasteiger partial charge in [0.25, 0.3) is 0 Å². The Balaban J connectivity index is 3.16. The minimum atomic E-state index is -1.60. The summed E-state index contributed by atoms with van der Waals surface area (Å²) in [5, 5.41) is 36.4. The molecule has 13 N–H and O–H groups in total. The number of carboxylic acid groups (broad SMARTS) is 1. The minimum Gasteiger partial charge on any atom is -0.480 e. The number of aliphatic carboxylic acids is 1. The Morgan fingerprint density at radius 3 is 1.80 bits per heavy atom. The zero-order valence-corrected chi connectivity index (χ0v) is 31.5. The number of rotatable bonds is 24. The van der Waals surface area contributed by atoms with Gasteiger partial charge in [0, 0.05) is 6.42 Å². The van der Waals surface area contributed by atoms with Gasteiger partial charge in [-0.1, -0.05) is 44.2 Å². The Kier molecular flexibility index (Phi) is 21.0. The number of amides is 7. The molecule has 0 aliphatic heterocycles. The maximum Gasteiger partial charge on any atom is 0.322 e. The average molecular weight is 764 g/mol. The second-order valence-electron chi connectivity index (χ2n) is 13.4. The molecule has 7 unspecified atom stereocenters. The lowest BCUT2D eigenvalue weighted by Gasteiger charge is -2.28. The highest BCUT2D eigenvalue weighted by molar-refractivity contribution is 5.97. The number of hydrogen-bond donors (Lipinski definition) is 11. The van der Waals surface area contributed by atoms with Gasteiger partial charge in [-0.2, -0.15) is 0 Å². The predicted molar refractivity (Wildman–Crippen MR) is 197 cm³/mol. The van der Waals surface area contributed by atoms with Crippen molar-refractivity contribution in [2.24, 2.45) is 17.4 Å². The maximum atomic E-state index is 13.6. The molecule has 0 bridgehead atoms. The third-order valence-corrected chi connectivity index (χ3v) is 7.92. The van der Waals surface area contributed by atoms with E-state index in [1.165, 1.54) is 20.8 Å². The standard InChI is InChI=1S/C35H57N9O10/c1-19(2)15-25(42-33(52)24(13-9-10-14-36)41-30(49)20(3)37)34(53)44-29(22(5)45)35(54)43-26(16-23-11-7-6-8-12-23)32(51)38-17-27(46)40-21(4)31(50)39-18-28(47)48/h6-8,11-12,19-22,24-26,29,45H,9-10,13-18,36-37H2,1-5H3,(H,38,51)(H,39,50)(H,40,46)(H,41,49)(H,42,52)(H,43,54)(H,44,53)(H,47,48). The van der Waals surface area contributed by atoms with Crippen LogP contribution in [0.5, 0.6) is 0 Å². The fourth-order valence-corrected chi connectivity index (χ4v) is 4.98. The summed E-state index contributed by atoms with van der Waals surface area (Å²) in [7, 11) is 0. The summed E-state index contributed by atoms with van der Waals surface area (Å²) >= 11 is 0. The molecule has 54 heavy (non-hydrogen) atoms. The Morgan fingerprint density at radius 1 is 0.667 bits per heavy atom. The second kappa shape index (κ2) is 24.2. The van der Waals surface area contributed by atoms with Gasteiger partial charge in [0.2, 0.25) is 41.4 Å². The van der Waals surface area contributed by atoms with E-state index in [0.717, 1.165) is 0 Å². The van der Waals surface area contributed by atoms with Gasteiger partial charge < -0.3 is 58.9 Å². The van der Waals surface area contributed by atoms with Crippen LogP contribution < -0.4 is 48.7 Å². The molecular weight excluding hydrogens is 706 g/mol. The van der Waals surface area contributed by atoms with Crippen LogP contribution in [-0.4, -0.2) is 120 Å². The molecule has 0 spiro atoms. The molecule has 0 radical (unpaired) electrons. The molecule has 0 fully saturated rings. The van der Waals surface area contributed by atoms with Crippen molar-refractivity contribution in [2.45, 2.75) is 109 Å². The summed E-state index contributed by atoms with van der Waals surface area (Å²) in [6.45, 7) is 6.76. The first kappa shape index (κ1) is 46.9. The number of carboxylic acids is 1. The smallest absolute Gasteiger partial charge is 0.322 e. The van der Waals surface area contributed by atoms with E-state index < -0.39 is 103 Å². The molecule has 0 saturated carbocycles. The largest absolute Gasteiger partial charge is 0.480 e. The first-order chi connectivity index (χ1) is 25.4. The van der Waals surface area contributed by atoms with E-state index in [-0.39, 0.29) is 25.2 Å². The summed E-state index contributed by atoms with van der Waals surface area (Å²) in [4.78, 5) is 101. The van der Waals surface area contributed by atoms with Crippen molar-refractivity contribution in [2.75, 3.05) is 19.6 Å². The van der Waals surface area contributed by atoms with Crippen molar-refractivity contribution in [3.8, 4) is 0 Å². The SMILES string of the molecule is CC(C)CC(NC(=O)C(CCCCN)NC(=O)C(C)N)C(=O)NC(C(=O)NC(Cc1ccccc1)C(=O)NCC(=O)NC(C)C(=O)NCC(=O)O)C(C)O. The van der Waals surface area contributed by atoms with Crippen molar-refractivity contribution >= 4 is 47.3 Å². The van der Waals surface area contributed by atoms with Crippen molar-refractivity contribution in [3.63, 3.8) is 0 Å². The number of nitrogens with one attached hydrogen (secondary N) is 7. The summed E-state index contributed by atoms with van der Waals surface area (Å²) < 4.78 is 0.